The Morgan fingerprint density at radius 2 is 2.00 bits per heavy atom. The van der Waals surface area contributed by atoms with Gasteiger partial charge in [-0.3, -0.25) is 4.79 Å². The molecule has 1 atom stereocenters. The van der Waals surface area contributed by atoms with Crippen LogP contribution in [0.5, 0.6) is 0 Å². The molecule has 64 valence electrons. The largest absolute Gasteiger partial charge is 0.480 e. The molecule has 0 bridgehead atoms. The molecule has 0 aliphatic carbocycles. The molecule has 1 aromatic rings. The molecule has 12 heavy (non-hydrogen) atoms. The van der Waals surface area contributed by atoms with E-state index in [0.29, 0.717) is 6.42 Å². The van der Waals surface area contributed by atoms with Gasteiger partial charge in [-0.15, -0.1) is 11.6 Å². The normalized spacial score (nSPS) is 12.4. The summed E-state index contributed by atoms with van der Waals surface area (Å²) in [4.78, 5) is 10.4. The maximum Gasteiger partial charge on any atom is 0.321 e. The van der Waals surface area contributed by atoms with E-state index in [2.05, 4.69) is 0 Å². The van der Waals surface area contributed by atoms with Crippen molar-refractivity contribution < 1.29 is 9.90 Å². The van der Waals surface area contributed by atoms with Crippen molar-refractivity contribution in [3.05, 3.63) is 35.9 Å². The zero-order valence-corrected chi connectivity index (χ0v) is 7.16. The van der Waals surface area contributed by atoms with Crippen LogP contribution in [0, 0.1) is 0 Å². The van der Waals surface area contributed by atoms with E-state index in [1.165, 1.54) is 0 Å². The number of hydrogen-bond acceptors (Lipinski definition) is 1. The summed E-state index contributed by atoms with van der Waals surface area (Å²) in [5.74, 6) is -0.972. The Kier molecular flexibility index (Phi) is 3.11. The molecule has 1 aromatic carbocycles. The van der Waals surface area contributed by atoms with Crippen molar-refractivity contribution in [1.29, 1.82) is 0 Å². The van der Waals surface area contributed by atoms with Gasteiger partial charge >= 0.3 is 5.97 Å². The third-order valence-electron chi connectivity index (χ3n) is 1.53. The van der Waals surface area contributed by atoms with Crippen LogP contribution in [0.25, 0.3) is 0 Å². The van der Waals surface area contributed by atoms with Crippen molar-refractivity contribution in [2.45, 2.75) is 11.8 Å². The summed E-state index contributed by atoms with van der Waals surface area (Å²) in [5, 5.41) is 7.68. The second-order valence-corrected chi connectivity index (χ2v) is 3.02. The van der Waals surface area contributed by atoms with Crippen LogP contribution in [-0.2, 0) is 11.2 Å². The number of carbonyl (C=O) groups is 1. The molecule has 0 fully saturated rings. The van der Waals surface area contributed by atoms with E-state index >= 15 is 0 Å². The number of alkyl halides is 1. The maximum atomic E-state index is 10.4. The summed E-state index contributed by atoms with van der Waals surface area (Å²) in [6.45, 7) is 0. The molecule has 0 amide bonds. The minimum Gasteiger partial charge on any atom is -0.480 e. The van der Waals surface area contributed by atoms with E-state index in [9.17, 15) is 4.79 Å². The molecule has 0 saturated heterocycles. The first-order valence-corrected chi connectivity index (χ1v) is 4.04. The van der Waals surface area contributed by atoms with Crippen molar-refractivity contribution in [2.75, 3.05) is 0 Å². The van der Waals surface area contributed by atoms with Gasteiger partial charge in [-0.05, 0) is 12.0 Å². The lowest BCUT2D eigenvalue weighted by molar-refractivity contribution is -0.136. The van der Waals surface area contributed by atoms with Gasteiger partial charge in [-0.25, -0.2) is 0 Å². The number of halogens is 1. The molecule has 0 spiro atoms. The van der Waals surface area contributed by atoms with Gasteiger partial charge in [0.05, 0.1) is 0 Å². The van der Waals surface area contributed by atoms with E-state index < -0.39 is 11.3 Å². The highest BCUT2D eigenvalue weighted by Gasteiger charge is 2.13. The average Bonchev–Trinajstić information content (AvgIpc) is 2.06. The van der Waals surface area contributed by atoms with E-state index in [4.69, 9.17) is 16.7 Å². The number of rotatable bonds is 3. The van der Waals surface area contributed by atoms with Crippen LogP contribution in [0.4, 0.5) is 0 Å². The highest BCUT2D eigenvalue weighted by Crippen LogP contribution is 2.07. The topological polar surface area (TPSA) is 37.3 Å². The fourth-order valence-corrected chi connectivity index (χ4v) is 1.09. The zero-order valence-electron chi connectivity index (χ0n) is 6.40. The lowest BCUT2D eigenvalue weighted by atomic mass is 10.1. The van der Waals surface area contributed by atoms with Crippen LogP contribution in [0.15, 0.2) is 30.3 Å². The monoisotopic (exact) mass is 184 g/mol. The number of carboxylic acid groups (broad SMARTS) is 1. The second kappa shape index (κ2) is 4.12. The molecule has 1 rings (SSSR count). The Morgan fingerprint density at radius 1 is 1.42 bits per heavy atom. The summed E-state index contributed by atoms with van der Waals surface area (Å²) < 4.78 is 0. The zero-order chi connectivity index (χ0) is 8.97. The third-order valence-corrected chi connectivity index (χ3v) is 1.87. The number of aliphatic carboxylic acids is 1. The number of hydrogen-bond donors (Lipinski definition) is 1. The molecule has 0 aromatic heterocycles. The third kappa shape index (κ3) is 2.55. The summed E-state index contributed by atoms with van der Waals surface area (Å²) in [7, 11) is 0. The van der Waals surface area contributed by atoms with E-state index in [0.717, 1.165) is 5.56 Å². The minimum atomic E-state index is -0.972. The lowest BCUT2D eigenvalue weighted by Gasteiger charge is -2.02. The molecule has 0 aliphatic rings. The van der Waals surface area contributed by atoms with Crippen molar-refractivity contribution in [3.63, 3.8) is 0 Å². The molecule has 0 unspecified atom stereocenters. The minimum absolute atomic E-state index is 0.373. The van der Waals surface area contributed by atoms with Crippen LogP contribution in [-0.4, -0.2) is 16.5 Å². The van der Waals surface area contributed by atoms with Gasteiger partial charge in [0.15, 0.2) is 0 Å². The Morgan fingerprint density at radius 3 is 2.50 bits per heavy atom. The molecular formula is C9H9ClO2. The SMILES string of the molecule is O=C(O)[C@@H](Cl)Cc1ccccc1. The average molecular weight is 185 g/mol. The first-order chi connectivity index (χ1) is 5.70. The first-order valence-electron chi connectivity index (χ1n) is 3.61. The van der Waals surface area contributed by atoms with Crippen molar-refractivity contribution in [3.8, 4) is 0 Å². The highest BCUT2D eigenvalue weighted by molar-refractivity contribution is 6.29. The van der Waals surface area contributed by atoms with Crippen molar-refractivity contribution in [2.24, 2.45) is 0 Å². The Bertz CT molecular complexity index is 258. The summed E-state index contributed by atoms with van der Waals surface area (Å²) in [6.07, 6.45) is 0.373. The summed E-state index contributed by atoms with van der Waals surface area (Å²) in [5.41, 5.74) is 0.944. The van der Waals surface area contributed by atoms with Gasteiger partial charge < -0.3 is 5.11 Å². The number of benzene rings is 1. The molecule has 0 aliphatic heterocycles. The fraction of sp³-hybridized carbons (Fsp3) is 0.222. The highest BCUT2D eigenvalue weighted by atomic mass is 35.5. The Hall–Kier alpha value is -1.02. The molecule has 0 radical (unpaired) electrons. The van der Waals surface area contributed by atoms with Crippen molar-refractivity contribution >= 4 is 17.6 Å². The van der Waals surface area contributed by atoms with Gasteiger partial charge in [-0.2, -0.15) is 0 Å². The van der Waals surface area contributed by atoms with Gasteiger partial charge in [-0.1, -0.05) is 30.3 Å². The van der Waals surface area contributed by atoms with Crippen LogP contribution in [0.3, 0.4) is 0 Å². The summed E-state index contributed by atoms with van der Waals surface area (Å²) >= 11 is 5.55. The smallest absolute Gasteiger partial charge is 0.321 e. The van der Waals surface area contributed by atoms with Crippen molar-refractivity contribution in [1.82, 2.24) is 0 Å². The predicted molar refractivity (Wildman–Crippen MR) is 47.4 cm³/mol. The molecular weight excluding hydrogens is 176 g/mol. The lowest BCUT2D eigenvalue weighted by Crippen LogP contribution is -2.15. The maximum absolute atomic E-state index is 10.4. The van der Waals surface area contributed by atoms with Gasteiger partial charge in [0, 0.05) is 0 Å². The Balaban J connectivity index is 2.58. The predicted octanol–water partition coefficient (Wildman–Crippen LogP) is 1.92. The molecule has 1 N–H and O–H groups in total. The first kappa shape index (κ1) is 9.07. The molecule has 0 saturated carbocycles. The van der Waals surface area contributed by atoms with Gasteiger partial charge in [0.25, 0.3) is 0 Å². The van der Waals surface area contributed by atoms with Crippen LogP contribution in [0.1, 0.15) is 5.56 Å². The summed E-state index contributed by atoms with van der Waals surface area (Å²) in [6, 6.07) is 9.33. The quantitative estimate of drug-likeness (QED) is 0.729. The van der Waals surface area contributed by atoms with Crippen LogP contribution in [0.2, 0.25) is 0 Å². The second-order valence-electron chi connectivity index (χ2n) is 2.50. The van der Waals surface area contributed by atoms with Gasteiger partial charge in [0.1, 0.15) is 5.38 Å². The van der Waals surface area contributed by atoms with E-state index in [-0.39, 0.29) is 0 Å². The molecule has 3 heteroatoms. The van der Waals surface area contributed by atoms with Gasteiger partial charge in [0.2, 0.25) is 0 Å². The molecule has 0 heterocycles. The van der Waals surface area contributed by atoms with Crippen LogP contribution >= 0.6 is 11.6 Å². The van der Waals surface area contributed by atoms with E-state index in [1.54, 1.807) is 0 Å². The van der Waals surface area contributed by atoms with Crippen LogP contribution < -0.4 is 0 Å². The van der Waals surface area contributed by atoms with E-state index in [1.807, 2.05) is 30.3 Å². The number of carboxylic acids is 1. The molecule has 2 nitrogen and oxygen atoms in total. The Labute approximate surface area is 75.8 Å². The standard InChI is InChI=1S/C9H9ClO2/c10-8(9(11)12)6-7-4-2-1-3-5-7/h1-5,8H,6H2,(H,11,12)/t8-/m0/s1. The fourth-order valence-electron chi connectivity index (χ4n) is 0.908.